The summed E-state index contributed by atoms with van der Waals surface area (Å²) in [5, 5.41) is 11.4. The normalized spacial score (nSPS) is 17.8. The first-order valence-corrected chi connectivity index (χ1v) is 8.36. The van der Waals surface area contributed by atoms with Gasteiger partial charge in [-0.2, -0.15) is 4.98 Å². The van der Waals surface area contributed by atoms with Gasteiger partial charge in [-0.3, -0.25) is 4.90 Å². The van der Waals surface area contributed by atoms with Crippen LogP contribution >= 0.6 is 24.0 Å². The second kappa shape index (κ2) is 9.24. The van der Waals surface area contributed by atoms with Crippen molar-refractivity contribution >= 4 is 29.7 Å². The van der Waals surface area contributed by atoms with Crippen LogP contribution in [0.15, 0.2) is 22.7 Å². The van der Waals surface area contributed by atoms with E-state index >= 15 is 0 Å². The van der Waals surface area contributed by atoms with Crippen LogP contribution in [0.3, 0.4) is 0 Å². The number of piperazine rings is 1. The zero-order valence-electron chi connectivity index (χ0n) is 14.3. The predicted octanol–water partition coefficient (Wildman–Crippen LogP) is 2.38. The minimum Gasteiger partial charge on any atom is -0.495 e. The molecule has 0 saturated carbocycles. The van der Waals surface area contributed by atoms with Gasteiger partial charge in [-0.1, -0.05) is 16.8 Å². The van der Waals surface area contributed by atoms with Crippen molar-refractivity contribution in [3.63, 3.8) is 0 Å². The van der Waals surface area contributed by atoms with Gasteiger partial charge in [-0.05, 0) is 25.2 Å². The first-order valence-electron chi connectivity index (χ1n) is 7.98. The Labute approximate surface area is 158 Å². The summed E-state index contributed by atoms with van der Waals surface area (Å²) in [6.45, 7) is 3.46. The Morgan fingerprint density at radius 3 is 3.08 bits per heavy atom. The minimum atomic E-state index is 0. The highest BCUT2D eigenvalue weighted by Crippen LogP contribution is 2.27. The molecule has 2 heterocycles. The number of rotatable bonds is 6. The summed E-state index contributed by atoms with van der Waals surface area (Å²) in [5.74, 6) is 2.11. The lowest BCUT2D eigenvalue weighted by atomic mass is 10.2. The maximum Gasteiger partial charge on any atom is 0.228 e. The standard InChI is InChI=1S/C16H22ClN5O2.ClH/c1-22-8-7-18-10-13(22)16-20-15(24-21-16)5-6-19-12-9-11(17)3-4-14(12)23-2;/h3-4,9,13,18-19H,5-8,10H2,1-2H3;1H. The number of hydrogen-bond acceptors (Lipinski definition) is 7. The number of likely N-dealkylation sites (N-methyl/N-ethyl adjacent to an activating group) is 1. The van der Waals surface area contributed by atoms with Crippen LogP contribution in [0, 0.1) is 0 Å². The van der Waals surface area contributed by atoms with E-state index in [2.05, 4.69) is 32.7 Å². The van der Waals surface area contributed by atoms with Gasteiger partial charge in [0.25, 0.3) is 0 Å². The molecule has 1 aliphatic heterocycles. The Balaban J connectivity index is 0.00000225. The fourth-order valence-corrected chi connectivity index (χ4v) is 2.89. The third-order valence-electron chi connectivity index (χ3n) is 4.11. The fraction of sp³-hybridized carbons (Fsp3) is 0.500. The number of aromatic nitrogens is 2. The molecule has 1 aromatic carbocycles. The van der Waals surface area contributed by atoms with Gasteiger partial charge in [0.2, 0.25) is 5.89 Å². The molecule has 1 aliphatic rings. The lowest BCUT2D eigenvalue weighted by molar-refractivity contribution is 0.190. The van der Waals surface area contributed by atoms with Crippen LogP contribution in [0.2, 0.25) is 5.02 Å². The third kappa shape index (κ3) is 4.98. The number of ether oxygens (including phenoxy) is 1. The summed E-state index contributed by atoms with van der Waals surface area (Å²) in [4.78, 5) is 6.76. The molecule has 7 nitrogen and oxygen atoms in total. The van der Waals surface area contributed by atoms with Gasteiger partial charge in [0.1, 0.15) is 5.75 Å². The summed E-state index contributed by atoms with van der Waals surface area (Å²) in [6.07, 6.45) is 0.631. The number of nitrogens with zero attached hydrogens (tertiary/aromatic N) is 3. The van der Waals surface area contributed by atoms with Crippen molar-refractivity contribution < 1.29 is 9.26 Å². The highest BCUT2D eigenvalue weighted by Gasteiger charge is 2.25. The highest BCUT2D eigenvalue weighted by atomic mass is 35.5. The van der Waals surface area contributed by atoms with E-state index in [1.54, 1.807) is 13.2 Å². The predicted molar refractivity (Wildman–Crippen MR) is 100.0 cm³/mol. The second-order valence-corrected chi connectivity index (χ2v) is 6.20. The van der Waals surface area contributed by atoms with Gasteiger partial charge in [-0.15, -0.1) is 12.4 Å². The Morgan fingerprint density at radius 2 is 2.32 bits per heavy atom. The number of halogens is 2. The maximum atomic E-state index is 6.03. The average Bonchev–Trinajstić information content (AvgIpc) is 3.04. The van der Waals surface area contributed by atoms with Crippen LogP contribution in [0.5, 0.6) is 5.75 Å². The van der Waals surface area contributed by atoms with Crippen molar-refractivity contribution in [2.45, 2.75) is 12.5 Å². The molecule has 1 saturated heterocycles. The minimum absolute atomic E-state index is 0. The van der Waals surface area contributed by atoms with Gasteiger partial charge >= 0.3 is 0 Å². The van der Waals surface area contributed by atoms with E-state index in [9.17, 15) is 0 Å². The molecule has 138 valence electrons. The summed E-state index contributed by atoms with van der Waals surface area (Å²) in [5.41, 5.74) is 0.848. The van der Waals surface area contributed by atoms with Gasteiger partial charge < -0.3 is 19.9 Å². The number of anilines is 1. The molecule has 1 aromatic heterocycles. The third-order valence-corrected chi connectivity index (χ3v) is 4.34. The van der Waals surface area contributed by atoms with Crippen molar-refractivity contribution in [2.75, 3.05) is 45.7 Å². The zero-order valence-corrected chi connectivity index (χ0v) is 15.9. The molecule has 0 radical (unpaired) electrons. The second-order valence-electron chi connectivity index (χ2n) is 5.77. The van der Waals surface area contributed by atoms with Crippen LogP contribution in [0.1, 0.15) is 17.8 Å². The quantitative estimate of drug-likeness (QED) is 0.787. The molecule has 1 fully saturated rings. The number of methoxy groups -OCH3 is 1. The summed E-state index contributed by atoms with van der Waals surface area (Å²) >= 11 is 6.03. The van der Waals surface area contributed by atoms with Crippen LogP contribution in [-0.2, 0) is 6.42 Å². The Hall–Kier alpha value is -1.54. The van der Waals surface area contributed by atoms with E-state index < -0.39 is 0 Å². The van der Waals surface area contributed by atoms with Crippen LogP contribution in [0.25, 0.3) is 0 Å². The molecule has 25 heavy (non-hydrogen) atoms. The van der Waals surface area contributed by atoms with Crippen molar-refractivity contribution in [3.05, 3.63) is 34.9 Å². The fourth-order valence-electron chi connectivity index (χ4n) is 2.72. The average molecular weight is 388 g/mol. The van der Waals surface area contributed by atoms with Gasteiger partial charge in [0, 0.05) is 37.6 Å². The first kappa shape index (κ1) is 19.8. The lowest BCUT2D eigenvalue weighted by Gasteiger charge is -2.30. The largest absolute Gasteiger partial charge is 0.495 e. The van der Waals surface area contributed by atoms with E-state index in [0.29, 0.717) is 23.9 Å². The van der Waals surface area contributed by atoms with Crippen molar-refractivity contribution in [3.8, 4) is 5.75 Å². The molecule has 2 aromatic rings. The summed E-state index contributed by atoms with van der Waals surface area (Å²) in [7, 11) is 3.71. The van der Waals surface area contributed by atoms with E-state index in [1.807, 2.05) is 12.1 Å². The molecular formula is C16H23Cl2N5O2. The molecular weight excluding hydrogens is 365 g/mol. The van der Waals surface area contributed by atoms with Gasteiger partial charge in [-0.25, -0.2) is 0 Å². The van der Waals surface area contributed by atoms with Crippen LogP contribution < -0.4 is 15.4 Å². The van der Waals surface area contributed by atoms with Crippen molar-refractivity contribution in [1.82, 2.24) is 20.4 Å². The molecule has 1 atom stereocenters. The van der Waals surface area contributed by atoms with Gasteiger partial charge in [0.15, 0.2) is 5.82 Å². The Kier molecular flexibility index (Phi) is 7.31. The number of hydrogen-bond donors (Lipinski definition) is 2. The highest BCUT2D eigenvalue weighted by molar-refractivity contribution is 6.30. The van der Waals surface area contributed by atoms with E-state index in [0.717, 1.165) is 36.9 Å². The number of benzene rings is 1. The first-order chi connectivity index (χ1) is 11.7. The van der Waals surface area contributed by atoms with Crippen LogP contribution in [-0.4, -0.2) is 55.4 Å². The maximum absolute atomic E-state index is 6.03. The van der Waals surface area contributed by atoms with Gasteiger partial charge in [0.05, 0.1) is 18.8 Å². The topological polar surface area (TPSA) is 75.5 Å². The van der Waals surface area contributed by atoms with E-state index in [-0.39, 0.29) is 18.4 Å². The zero-order chi connectivity index (χ0) is 16.9. The molecule has 9 heteroatoms. The number of nitrogens with one attached hydrogen (secondary N) is 2. The summed E-state index contributed by atoms with van der Waals surface area (Å²) in [6, 6.07) is 5.63. The lowest BCUT2D eigenvalue weighted by Crippen LogP contribution is -2.44. The molecule has 0 spiro atoms. The van der Waals surface area contributed by atoms with E-state index in [1.165, 1.54) is 0 Å². The van der Waals surface area contributed by atoms with E-state index in [4.69, 9.17) is 20.9 Å². The molecule has 0 aliphatic carbocycles. The Morgan fingerprint density at radius 1 is 1.48 bits per heavy atom. The van der Waals surface area contributed by atoms with Crippen molar-refractivity contribution in [1.29, 1.82) is 0 Å². The van der Waals surface area contributed by atoms with Crippen LogP contribution in [0.4, 0.5) is 5.69 Å². The monoisotopic (exact) mass is 387 g/mol. The van der Waals surface area contributed by atoms with Crippen molar-refractivity contribution in [2.24, 2.45) is 0 Å². The SMILES string of the molecule is COc1ccc(Cl)cc1NCCc1nc(C2CNCCN2C)no1.Cl. The molecule has 0 amide bonds. The smallest absolute Gasteiger partial charge is 0.228 e. The molecule has 3 rings (SSSR count). The Bertz CT molecular complexity index is 682. The molecule has 2 N–H and O–H groups in total. The molecule has 0 bridgehead atoms. The molecule has 1 unspecified atom stereocenters. The summed E-state index contributed by atoms with van der Waals surface area (Å²) < 4.78 is 10.7.